The van der Waals surface area contributed by atoms with Crippen molar-refractivity contribution in [3.63, 3.8) is 0 Å². The quantitative estimate of drug-likeness (QED) is 0.186. The Hall–Kier alpha value is -4.52. The first kappa shape index (κ1) is 28.6. The van der Waals surface area contributed by atoms with Crippen LogP contribution in [0.3, 0.4) is 0 Å². The van der Waals surface area contributed by atoms with E-state index in [9.17, 15) is 14.9 Å². The Morgan fingerprint density at radius 3 is 2.65 bits per heavy atom. The predicted octanol–water partition coefficient (Wildman–Crippen LogP) is 6.24. The molecular weight excluding hydrogens is 558 g/mol. The van der Waals surface area contributed by atoms with Gasteiger partial charge < -0.3 is 15.4 Å². The van der Waals surface area contributed by atoms with E-state index in [-0.39, 0.29) is 17.6 Å². The number of amides is 2. The summed E-state index contributed by atoms with van der Waals surface area (Å²) < 4.78 is 7.42. The van der Waals surface area contributed by atoms with Crippen molar-refractivity contribution >= 4 is 34.2 Å². The maximum atomic E-state index is 13.6. The second-order valence-corrected chi connectivity index (χ2v) is 12.1. The van der Waals surface area contributed by atoms with Gasteiger partial charge in [0.15, 0.2) is 0 Å². The van der Waals surface area contributed by atoms with E-state index in [0.717, 1.165) is 72.4 Å². The summed E-state index contributed by atoms with van der Waals surface area (Å²) in [6.45, 7) is 3.17. The second kappa shape index (κ2) is 12.8. The highest BCUT2D eigenvalue weighted by Gasteiger charge is 2.28. The molecule has 0 bridgehead atoms. The first-order valence-corrected chi connectivity index (χ1v) is 15.5. The van der Waals surface area contributed by atoms with E-state index in [1.807, 2.05) is 67.7 Å². The Morgan fingerprint density at radius 1 is 1.12 bits per heavy atom. The number of nitriles is 1. The highest BCUT2D eigenvalue weighted by Crippen LogP contribution is 2.38. The molecule has 1 aliphatic carbocycles. The maximum absolute atomic E-state index is 13.6. The third-order valence-electron chi connectivity index (χ3n) is 7.89. The minimum Gasteiger partial charge on any atom is -0.376 e. The molecular formula is C34H33N5O3S. The zero-order valence-electron chi connectivity index (χ0n) is 24.1. The number of fused-ring (bicyclic) bond motifs is 1. The van der Waals surface area contributed by atoms with Crippen LogP contribution in [0.2, 0.25) is 0 Å². The molecule has 2 aromatic carbocycles. The molecule has 6 rings (SSSR count). The molecule has 1 aliphatic heterocycles. The summed E-state index contributed by atoms with van der Waals surface area (Å²) in [6.07, 6.45) is 9.05. The van der Waals surface area contributed by atoms with Crippen molar-refractivity contribution in [2.24, 2.45) is 0 Å². The summed E-state index contributed by atoms with van der Waals surface area (Å²) in [5.74, 6) is -0.768. The molecule has 1 unspecified atom stereocenters. The Labute approximate surface area is 255 Å². The highest BCUT2D eigenvalue weighted by atomic mass is 32.1. The molecule has 3 heterocycles. The number of carbonyl (C=O) groups is 2. The number of aromatic nitrogens is 2. The summed E-state index contributed by atoms with van der Waals surface area (Å²) in [4.78, 5) is 28.1. The Kier molecular flexibility index (Phi) is 8.50. The minimum absolute atomic E-state index is 0.0177. The van der Waals surface area contributed by atoms with Crippen molar-refractivity contribution in [2.45, 2.75) is 51.6 Å². The number of hydrogen-bond donors (Lipinski definition) is 2. The van der Waals surface area contributed by atoms with Gasteiger partial charge in [0, 0.05) is 35.4 Å². The number of carbonyl (C=O) groups excluding carboxylic acids is 2. The van der Waals surface area contributed by atoms with Gasteiger partial charge in [-0.05, 0) is 69.2 Å². The molecule has 4 aromatic rings. The monoisotopic (exact) mass is 591 g/mol. The van der Waals surface area contributed by atoms with E-state index in [0.29, 0.717) is 28.4 Å². The lowest BCUT2D eigenvalue weighted by atomic mass is 9.95. The van der Waals surface area contributed by atoms with Crippen LogP contribution in [0.5, 0.6) is 0 Å². The van der Waals surface area contributed by atoms with Crippen molar-refractivity contribution in [2.75, 3.05) is 18.5 Å². The molecule has 218 valence electrons. The fourth-order valence-electron chi connectivity index (χ4n) is 5.61. The SMILES string of the molecule is Cc1ccc(-c2nn(-c3ccccc3)cc2C=C(C#N)C(=O)Nc2sc3c(c2C(=O)NCC2CCCO2)CCCC3)cc1. The van der Waals surface area contributed by atoms with Crippen LogP contribution in [0.1, 0.15) is 57.6 Å². The van der Waals surface area contributed by atoms with Gasteiger partial charge in [-0.3, -0.25) is 9.59 Å². The van der Waals surface area contributed by atoms with Gasteiger partial charge in [0.05, 0.1) is 23.0 Å². The molecule has 1 saturated heterocycles. The van der Waals surface area contributed by atoms with Crippen molar-refractivity contribution < 1.29 is 14.3 Å². The zero-order chi connectivity index (χ0) is 29.8. The number of ether oxygens (including phenoxy) is 1. The third-order valence-corrected chi connectivity index (χ3v) is 9.10. The normalized spacial score (nSPS) is 16.4. The number of nitrogens with one attached hydrogen (secondary N) is 2. The number of hydrogen-bond acceptors (Lipinski definition) is 6. The largest absolute Gasteiger partial charge is 0.376 e. The fraction of sp³-hybridized carbons (Fsp3) is 0.294. The lowest BCUT2D eigenvalue weighted by Gasteiger charge is -2.15. The molecule has 43 heavy (non-hydrogen) atoms. The predicted molar refractivity (Wildman–Crippen MR) is 168 cm³/mol. The van der Waals surface area contributed by atoms with E-state index < -0.39 is 5.91 Å². The van der Waals surface area contributed by atoms with E-state index in [4.69, 9.17) is 9.84 Å². The van der Waals surface area contributed by atoms with Gasteiger partial charge in [-0.2, -0.15) is 10.4 Å². The molecule has 2 amide bonds. The van der Waals surface area contributed by atoms with Gasteiger partial charge in [-0.1, -0.05) is 48.0 Å². The van der Waals surface area contributed by atoms with Crippen LogP contribution < -0.4 is 10.6 Å². The van der Waals surface area contributed by atoms with Crippen LogP contribution >= 0.6 is 11.3 Å². The summed E-state index contributed by atoms with van der Waals surface area (Å²) >= 11 is 1.44. The molecule has 9 heteroatoms. The number of anilines is 1. The average Bonchev–Trinajstić information content (AvgIpc) is 3.78. The van der Waals surface area contributed by atoms with Crippen molar-refractivity contribution in [3.8, 4) is 23.0 Å². The smallest absolute Gasteiger partial charge is 0.266 e. The van der Waals surface area contributed by atoms with Crippen LogP contribution in [-0.4, -0.2) is 40.9 Å². The van der Waals surface area contributed by atoms with Crippen LogP contribution in [0.4, 0.5) is 5.00 Å². The summed E-state index contributed by atoms with van der Waals surface area (Å²) in [6, 6.07) is 19.7. The molecule has 8 nitrogen and oxygen atoms in total. The summed E-state index contributed by atoms with van der Waals surface area (Å²) in [7, 11) is 0. The van der Waals surface area contributed by atoms with Gasteiger partial charge in [-0.15, -0.1) is 11.3 Å². The van der Waals surface area contributed by atoms with Crippen LogP contribution in [0.25, 0.3) is 23.0 Å². The number of rotatable bonds is 8. The molecule has 2 aromatic heterocycles. The van der Waals surface area contributed by atoms with E-state index in [2.05, 4.69) is 16.7 Å². The molecule has 0 saturated carbocycles. The van der Waals surface area contributed by atoms with Crippen LogP contribution in [0.15, 0.2) is 66.4 Å². The first-order valence-electron chi connectivity index (χ1n) is 14.7. The molecule has 2 N–H and O–H groups in total. The third kappa shape index (κ3) is 6.31. The summed E-state index contributed by atoms with van der Waals surface area (Å²) in [5.41, 5.74) is 5.60. The van der Waals surface area contributed by atoms with E-state index >= 15 is 0 Å². The van der Waals surface area contributed by atoms with Crippen LogP contribution in [-0.2, 0) is 22.4 Å². The van der Waals surface area contributed by atoms with Crippen molar-refractivity contribution in [1.29, 1.82) is 5.26 Å². The van der Waals surface area contributed by atoms with Gasteiger partial charge in [0.1, 0.15) is 16.6 Å². The lowest BCUT2D eigenvalue weighted by molar-refractivity contribution is -0.112. The van der Waals surface area contributed by atoms with Crippen molar-refractivity contribution in [3.05, 3.63) is 93.5 Å². The van der Waals surface area contributed by atoms with Crippen molar-refractivity contribution in [1.82, 2.24) is 15.1 Å². The van der Waals surface area contributed by atoms with Gasteiger partial charge >= 0.3 is 0 Å². The molecule has 0 radical (unpaired) electrons. The van der Waals surface area contributed by atoms with Gasteiger partial charge in [0.2, 0.25) is 0 Å². The number of para-hydroxylation sites is 1. The molecule has 1 fully saturated rings. The average molecular weight is 592 g/mol. The Morgan fingerprint density at radius 2 is 1.91 bits per heavy atom. The first-order chi connectivity index (χ1) is 21.0. The standard InChI is InChI=1S/C34H33N5O3S/c1-22-13-15-23(16-14-22)31-25(21-39(38-31)26-8-3-2-4-9-26)18-24(19-35)32(40)37-34-30(28-11-5-6-12-29(28)43-34)33(41)36-20-27-10-7-17-42-27/h2-4,8-9,13-16,18,21,27H,5-7,10-12,17,20H2,1H3,(H,36,41)(H,37,40). The lowest BCUT2D eigenvalue weighted by Crippen LogP contribution is -2.32. The number of benzene rings is 2. The summed E-state index contributed by atoms with van der Waals surface area (Å²) in [5, 5.41) is 21.4. The molecule has 2 aliphatic rings. The number of thiophene rings is 1. The van der Waals surface area contributed by atoms with E-state index in [1.165, 1.54) is 11.3 Å². The molecule has 1 atom stereocenters. The second-order valence-electron chi connectivity index (χ2n) is 11.0. The van der Waals surface area contributed by atoms with Gasteiger partial charge in [-0.25, -0.2) is 4.68 Å². The fourth-order valence-corrected chi connectivity index (χ4v) is 6.89. The highest BCUT2D eigenvalue weighted by molar-refractivity contribution is 7.17. The van der Waals surface area contributed by atoms with E-state index in [1.54, 1.807) is 10.8 Å². The topological polar surface area (TPSA) is 109 Å². The number of nitrogens with zero attached hydrogens (tertiary/aromatic N) is 3. The Bertz CT molecular complexity index is 1710. The zero-order valence-corrected chi connectivity index (χ0v) is 24.9. The van der Waals surface area contributed by atoms with Crippen LogP contribution in [0, 0.1) is 18.3 Å². The Balaban J connectivity index is 1.31. The van der Waals surface area contributed by atoms with Gasteiger partial charge in [0.25, 0.3) is 11.8 Å². The number of aryl methyl sites for hydroxylation is 2. The molecule has 0 spiro atoms. The minimum atomic E-state index is -0.559. The maximum Gasteiger partial charge on any atom is 0.266 e.